The first-order valence-corrected chi connectivity index (χ1v) is 8.01. The second-order valence-electron chi connectivity index (χ2n) is 6.20. The Bertz CT molecular complexity index is 515. The van der Waals surface area contributed by atoms with Crippen molar-refractivity contribution in [2.45, 2.75) is 51.2 Å². The summed E-state index contributed by atoms with van der Waals surface area (Å²) in [7, 11) is 0. The zero-order valence-electron chi connectivity index (χ0n) is 12.5. The summed E-state index contributed by atoms with van der Waals surface area (Å²) >= 11 is 0. The SMILES string of the molecule is CCC1NC(c2cccc(F)c2)N(CCCC2CC2)C1=O. The topological polar surface area (TPSA) is 32.3 Å². The predicted molar refractivity (Wildman–Crippen MR) is 80.0 cm³/mol. The van der Waals surface area contributed by atoms with Crippen LogP contribution in [0.5, 0.6) is 0 Å². The molecule has 0 aromatic heterocycles. The van der Waals surface area contributed by atoms with Gasteiger partial charge in [0.25, 0.3) is 0 Å². The van der Waals surface area contributed by atoms with Gasteiger partial charge in [-0.1, -0.05) is 31.9 Å². The molecule has 1 aliphatic heterocycles. The van der Waals surface area contributed by atoms with Crippen molar-refractivity contribution in [3.8, 4) is 0 Å². The fraction of sp³-hybridized carbons (Fsp3) is 0.588. The van der Waals surface area contributed by atoms with E-state index in [0.29, 0.717) is 0 Å². The monoisotopic (exact) mass is 290 g/mol. The van der Waals surface area contributed by atoms with Crippen LogP contribution in [-0.2, 0) is 4.79 Å². The lowest BCUT2D eigenvalue weighted by molar-refractivity contribution is -0.130. The van der Waals surface area contributed by atoms with Crippen LogP contribution in [0.1, 0.15) is 50.8 Å². The summed E-state index contributed by atoms with van der Waals surface area (Å²) in [5.74, 6) is 0.785. The lowest BCUT2D eigenvalue weighted by Gasteiger charge is -2.24. The van der Waals surface area contributed by atoms with Crippen molar-refractivity contribution < 1.29 is 9.18 Å². The van der Waals surface area contributed by atoms with Crippen LogP contribution in [0.3, 0.4) is 0 Å². The van der Waals surface area contributed by atoms with Crippen LogP contribution >= 0.6 is 0 Å². The van der Waals surface area contributed by atoms with Crippen molar-refractivity contribution in [3.05, 3.63) is 35.6 Å². The van der Waals surface area contributed by atoms with Crippen LogP contribution < -0.4 is 5.32 Å². The molecule has 114 valence electrons. The van der Waals surface area contributed by atoms with Gasteiger partial charge in [-0.25, -0.2) is 4.39 Å². The van der Waals surface area contributed by atoms with Gasteiger partial charge in [0.05, 0.1) is 6.04 Å². The van der Waals surface area contributed by atoms with Gasteiger partial charge < -0.3 is 4.90 Å². The molecule has 1 N–H and O–H groups in total. The van der Waals surface area contributed by atoms with Crippen LogP contribution in [0.25, 0.3) is 0 Å². The van der Waals surface area contributed by atoms with E-state index < -0.39 is 0 Å². The number of nitrogens with zero attached hydrogens (tertiary/aromatic N) is 1. The molecule has 0 radical (unpaired) electrons. The van der Waals surface area contributed by atoms with Gasteiger partial charge >= 0.3 is 0 Å². The fourth-order valence-corrected chi connectivity index (χ4v) is 3.12. The van der Waals surface area contributed by atoms with E-state index in [2.05, 4.69) is 5.32 Å². The number of hydrogen-bond donors (Lipinski definition) is 1. The van der Waals surface area contributed by atoms with Crippen molar-refractivity contribution in [1.29, 1.82) is 0 Å². The average Bonchev–Trinajstić information content (AvgIpc) is 3.24. The first-order valence-electron chi connectivity index (χ1n) is 8.01. The zero-order valence-corrected chi connectivity index (χ0v) is 12.5. The van der Waals surface area contributed by atoms with E-state index >= 15 is 0 Å². The average molecular weight is 290 g/mol. The minimum Gasteiger partial charge on any atom is -0.322 e. The second kappa shape index (κ2) is 6.14. The Morgan fingerprint density at radius 3 is 2.86 bits per heavy atom. The molecule has 4 heteroatoms. The second-order valence-corrected chi connectivity index (χ2v) is 6.20. The molecule has 0 spiro atoms. The van der Waals surface area contributed by atoms with Crippen molar-refractivity contribution in [2.75, 3.05) is 6.54 Å². The summed E-state index contributed by atoms with van der Waals surface area (Å²) < 4.78 is 13.5. The molecule has 1 aliphatic carbocycles. The Kier molecular flexibility index (Phi) is 4.24. The maximum atomic E-state index is 13.5. The number of rotatable bonds is 6. The van der Waals surface area contributed by atoms with Crippen molar-refractivity contribution in [2.24, 2.45) is 5.92 Å². The van der Waals surface area contributed by atoms with E-state index in [1.54, 1.807) is 6.07 Å². The Labute approximate surface area is 125 Å². The van der Waals surface area contributed by atoms with E-state index in [9.17, 15) is 9.18 Å². The van der Waals surface area contributed by atoms with Gasteiger partial charge in [0.15, 0.2) is 0 Å². The predicted octanol–water partition coefficient (Wildman–Crippen LogP) is 3.22. The number of hydrogen-bond acceptors (Lipinski definition) is 2. The lowest BCUT2D eigenvalue weighted by atomic mass is 10.1. The van der Waals surface area contributed by atoms with E-state index in [1.165, 1.54) is 31.4 Å². The summed E-state index contributed by atoms with van der Waals surface area (Å²) in [6.07, 6.45) is 5.52. The number of nitrogens with one attached hydrogen (secondary N) is 1. The number of benzene rings is 1. The van der Waals surface area contributed by atoms with Crippen LogP contribution in [0, 0.1) is 11.7 Å². The van der Waals surface area contributed by atoms with E-state index in [4.69, 9.17) is 0 Å². The fourth-order valence-electron chi connectivity index (χ4n) is 3.12. The highest BCUT2D eigenvalue weighted by molar-refractivity contribution is 5.84. The first kappa shape index (κ1) is 14.5. The molecule has 1 saturated carbocycles. The van der Waals surface area contributed by atoms with Gasteiger partial charge in [-0.15, -0.1) is 0 Å². The smallest absolute Gasteiger partial charge is 0.241 e. The Morgan fingerprint density at radius 2 is 2.19 bits per heavy atom. The number of amides is 1. The maximum absolute atomic E-state index is 13.5. The maximum Gasteiger partial charge on any atom is 0.241 e. The molecule has 2 unspecified atom stereocenters. The summed E-state index contributed by atoms with van der Waals surface area (Å²) in [4.78, 5) is 14.4. The normalized spacial score (nSPS) is 25.6. The van der Waals surface area contributed by atoms with Crippen molar-refractivity contribution >= 4 is 5.91 Å². The van der Waals surface area contributed by atoms with Crippen molar-refractivity contribution in [1.82, 2.24) is 10.2 Å². The highest BCUT2D eigenvalue weighted by atomic mass is 19.1. The molecule has 2 atom stereocenters. The third kappa shape index (κ3) is 3.26. The van der Waals surface area contributed by atoms with Gasteiger partial charge in [-0.2, -0.15) is 0 Å². The number of halogens is 1. The van der Waals surface area contributed by atoms with E-state index in [0.717, 1.165) is 30.9 Å². The quantitative estimate of drug-likeness (QED) is 0.872. The molecular weight excluding hydrogens is 267 g/mol. The van der Waals surface area contributed by atoms with Crippen LogP contribution in [0.4, 0.5) is 4.39 Å². The molecule has 2 fully saturated rings. The third-order valence-electron chi connectivity index (χ3n) is 4.53. The van der Waals surface area contributed by atoms with Gasteiger partial charge in [-0.3, -0.25) is 10.1 Å². The van der Waals surface area contributed by atoms with Crippen LogP contribution in [0.2, 0.25) is 0 Å². The summed E-state index contributed by atoms with van der Waals surface area (Å²) in [6.45, 7) is 2.77. The van der Waals surface area contributed by atoms with Crippen LogP contribution in [-0.4, -0.2) is 23.4 Å². The van der Waals surface area contributed by atoms with E-state index in [1.807, 2.05) is 17.9 Å². The van der Waals surface area contributed by atoms with Gasteiger partial charge in [0, 0.05) is 6.54 Å². The molecule has 3 rings (SSSR count). The highest BCUT2D eigenvalue weighted by Crippen LogP contribution is 2.34. The van der Waals surface area contributed by atoms with Gasteiger partial charge in [0.2, 0.25) is 5.91 Å². The first-order chi connectivity index (χ1) is 10.2. The highest BCUT2D eigenvalue weighted by Gasteiger charge is 2.38. The van der Waals surface area contributed by atoms with Crippen LogP contribution in [0.15, 0.2) is 24.3 Å². The molecular formula is C17H23FN2O. The minimum absolute atomic E-state index is 0.140. The molecule has 1 amide bonds. The minimum atomic E-state index is -0.250. The molecule has 0 bridgehead atoms. The largest absolute Gasteiger partial charge is 0.322 e. The standard InChI is InChI=1S/C17H23FN2O/c1-2-15-17(21)20(10-4-5-12-8-9-12)16(19-15)13-6-3-7-14(18)11-13/h3,6-7,11-12,15-16,19H,2,4-5,8-10H2,1H3. The Hall–Kier alpha value is -1.42. The number of carbonyl (C=O) groups is 1. The Balaban J connectivity index is 1.72. The summed E-state index contributed by atoms with van der Waals surface area (Å²) in [5, 5.41) is 3.35. The third-order valence-corrected chi connectivity index (χ3v) is 4.53. The Morgan fingerprint density at radius 1 is 1.38 bits per heavy atom. The van der Waals surface area contributed by atoms with E-state index in [-0.39, 0.29) is 23.9 Å². The zero-order chi connectivity index (χ0) is 14.8. The molecule has 1 aromatic rings. The van der Waals surface area contributed by atoms with Gasteiger partial charge in [-0.05, 0) is 42.9 Å². The molecule has 1 saturated heterocycles. The summed E-state index contributed by atoms with van der Waals surface area (Å²) in [5.41, 5.74) is 0.839. The summed E-state index contributed by atoms with van der Waals surface area (Å²) in [6, 6.07) is 6.42. The molecule has 2 aliphatic rings. The van der Waals surface area contributed by atoms with Crippen molar-refractivity contribution in [3.63, 3.8) is 0 Å². The molecule has 1 aromatic carbocycles. The molecule has 3 nitrogen and oxygen atoms in total. The van der Waals surface area contributed by atoms with Gasteiger partial charge in [0.1, 0.15) is 12.0 Å². The lowest BCUT2D eigenvalue weighted by Crippen LogP contribution is -2.32. The molecule has 1 heterocycles. The molecule has 21 heavy (non-hydrogen) atoms. The number of carbonyl (C=O) groups excluding carboxylic acids is 1.